The van der Waals surface area contributed by atoms with Crippen molar-refractivity contribution in [2.45, 2.75) is 66.2 Å². The minimum atomic E-state index is 0.485. The van der Waals surface area contributed by atoms with Crippen molar-refractivity contribution >= 4 is 0 Å². The van der Waals surface area contributed by atoms with Crippen molar-refractivity contribution in [3.8, 4) is 0 Å². The summed E-state index contributed by atoms with van der Waals surface area (Å²) in [6.45, 7) is 14.1. The van der Waals surface area contributed by atoms with E-state index >= 15 is 0 Å². The van der Waals surface area contributed by atoms with E-state index < -0.39 is 0 Å². The number of rotatable bonds is 0. The van der Waals surface area contributed by atoms with Gasteiger partial charge in [0.15, 0.2) is 0 Å². The molecule has 0 amide bonds. The van der Waals surface area contributed by atoms with Gasteiger partial charge in [-0.25, -0.2) is 0 Å². The summed E-state index contributed by atoms with van der Waals surface area (Å²) >= 11 is 0. The SMILES string of the molecule is C=C1CCC[C@]2(C)CC[C@@H](C(C)(C)C)C[C@@H]12. The molecule has 0 nitrogen and oxygen atoms in total. The van der Waals surface area contributed by atoms with Crippen LogP contribution in [-0.4, -0.2) is 0 Å². The molecule has 0 bridgehead atoms. The van der Waals surface area contributed by atoms with Gasteiger partial charge in [-0.1, -0.05) is 39.8 Å². The third-order valence-electron chi connectivity index (χ3n) is 5.39. The monoisotopic (exact) mass is 220 g/mol. The first-order chi connectivity index (χ1) is 7.33. The van der Waals surface area contributed by atoms with Gasteiger partial charge in [0.25, 0.3) is 0 Å². The molecule has 0 aromatic carbocycles. The van der Waals surface area contributed by atoms with Crippen LogP contribution in [0.1, 0.15) is 66.2 Å². The van der Waals surface area contributed by atoms with Crippen LogP contribution in [0.25, 0.3) is 0 Å². The number of hydrogen-bond acceptors (Lipinski definition) is 0. The van der Waals surface area contributed by atoms with Crippen LogP contribution in [0.3, 0.4) is 0 Å². The number of fused-ring (bicyclic) bond motifs is 1. The highest BCUT2D eigenvalue weighted by Gasteiger charge is 2.45. The van der Waals surface area contributed by atoms with Crippen LogP contribution in [0.15, 0.2) is 12.2 Å². The average molecular weight is 220 g/mol. The molecule has 2 aliphatic rings. The van der Waals surface area contributed by atoms with Gasteiger partial charge in [-0.05, 0) is 61.2 Å². The largest absolute Gasteiger partial charge is 0.0996 e. The first-order valence-electron chi connectivity index (χ1n) is 7.00. The van der Waals surface area contributed by atoms with Crippen molar-refractivity contribution < 1.29 is 0 Å². The Labute approximate surface area is 102 Å². The quantitative estimate of drug-likeness (QED) is 0.492. The molecule has 2 rings (SSSR count). The molecule has 92 valence electrons. The van der Waals surface area contributed by atoms with Crippen LogP contribution >= 0.6 is 0 Å². The van der Waals surface area contributed by atoms with Crippen LogP contribution < -0.4 is 0 Å². The second-order valence-electron chi connectivity index (χ2n) is 7.56. The van der Waals surface area contributed by atoms with E-state index in [-0.39, 0.29) is 0 Å². The molecule has 0 aromatic heterocycles. The summed E-state index contributed by atoms with van der Waals surface area (Å²) in [5.41, 5.74) is 2.64. The molecule has 0 N–H and O–H groups in total. The minimum Gasteiger partial charge on any atom is -0.0996 e. The molecule has 0 spiro atoms. The molecule has 2 saturated carbocycles. The smallest absolute Gasteiger partial charge is 0.0149 e. The highest BCUT2D eigenvalue weighted by Crippen LogP contribution is 2.55. The van der Waals surface area contributed by atoms with Crippen LogP contribution in [-0.2, 0) is 0 Å². The zero-order chi connectivity index (χ0) is 12.0. The van der Waals surface area contributed by atoms with Crippen LogP contribution in [0.4, 0.5) is 0 Å². The second kappa shape index (κ2) is 3.89. The lowest BCUT2D eigenvalue weighted by molar-refractivity contribution is 0.0332. The third-order valence-corrected chi connectivity index (χ3v) is 5.39. The maximum Gasteiger partial charge on any atom is -0.0149 e. The summed E-state index contributed by atoms with van der Waals surface area (Å²) in [6.07, 6.45) is 8.37. The second-order valence-corrected chi connectivity index (χ2v) is 7.56. The summed E-state index contributed by atoms with van der Waals surface area (Å²) in [4.78, 5) is 0. The first kappa shape index (κ1) is 12.2. The van der Waals surface area contributed by atoms with Crippen LogP contribution in [0.2, 0.25) is 0 Å². The molecular formula is C16H28. The fraction of sp³-hybridized carbons (Fsp3) is 0.875. The van der Waals surface area contributed by atoms with Crippen molar-refractivity contribution in [2.24, 2.45) is 22.7 Å². The van der Waals surface area contributed by atoms with E-state index in [1.165, 1.54) is 38.5 Å². The Hall–Kier alpha value is -0.260. The lowest BCUT2D eigenvalue weighted by Gasteiger charge is -2.51. The van der Waals surface area contributed by atoms with Gasteiger partial charge in [0.1, 0.15) is 0 Å². The molecule has 0 radical (unpaired) electrons. The lowest BCUT2D eigenvalue weighted by Crippen LogP contribution is -2.40. The molecule has 16 heavy (non-hydrogen) atoms. The molecular weight excluding hydrogens is 192 g/mol. The zero-order valence-electron chi connectivity index (χ0n) is 11.6. The molecule has 3 atom stereocenters. The third kappa shape index (κ3) is 2.08. The van der Waals surface area contributed by atoms with Gasteiger partial charge < -0.3 is 0 Å². The van der Waals surface area contributed by atoms with Gasteiger partial charge in [0.05, 0.1) is 0 Å². The van der Waals surface area contributed by atoms with Crippen LogP contribution in [0.5, 0.6) is 0 Å². The fourth-order valence-electron chi connectivity index (χ4n) is 4.00. The Bertz CT molecular complexity index is 281. The highest BCUT2D eigenvalue weighted by atomic mass is 14.5. The summed E-state index contributed by atoms with van der Waals surface area (Å²) < 4.78 is 0. The topological polar surface area (TPSA) is 0 Å². The van der Waals surface area contributed by atoms with Crippen molar-refractivity contribution in [1.29, 1.82) is 0 Å². The molecule has 0 heterocycles. The van der Waals surface area contributed by atoms with Gasteiger partial charge in [-0.15, -0.1) is 0 Å². The molecule has 2 aliphatic carbocycles. The van der Waals surface area contributed by atoms with E-state index in [2.05, 4.69) is 34.3 Å². The first-order valence-corrected chi connectivity index (χ1v) is 7.00. The van der Waals surface area contributed by atoms with E-state index in [9.17, 15) is 0 Å². The summed E-state index contributed by atoms with van der Waals surface area (Å²) in [7, 11) is 0. The Morgan fingerprint density at radius 3 is 2.56 bits per heavy atom. The molecule has 0 aliphatic heterocycles. The van der Waals surface area contributed by atoms with E-state index in [0.29, 0.717) is 10.8 Å². The van der Waals surface area contributed by atoms with Gasteiger partial charge in [-0.3, -0.25) is 0 Å². The minimum absolute atomic E-state index is 0.485. The predicted molar refractivity (Wildman–Crippen MR) is 71.4 cm³/mol. The van der Waals surface area contributed by atoms with Crippen molar-refractivity contribution in [3.05, 3.63) is 12.2 Å². The van der Waals surface area contributed by atoms with Crippen molar-refractivity contribution in [2.75, 3.05) is 0 Å². The molecule has 2 fully saturated rings. The van der Waals surface area contributed by atoms with Gasteiger partial charge in [0.2, 0.25) is 0 Å². The molecule has 0 heteroatoms. The molecule has 0 saturated heterocycles. The Balaban J connectivity index is 2.15. The molecule has 0 aromatic rings. The van der Waals surface area contributed by atoms with Crippen LogP contribution in [0, 0.1) is 22.7 Å². The number of hydrogen-bond donors (Lipinski definition) is 0. The number of allylic oxidation sites excluding steroid dienone is 1. The van der Waals surface area contributed by atoms with Gasteiger partial charge in [0, 0.05) is 0 Å². The summed E-state index contributed by atoms with van der Waals surface area (Å²) in [6, 6.07) is 0. The van der Waals surface area contributed by atoms with Crippen molar-refractivity contribution in [3.63, 3.8) is 0 Å². The standard InChI is InChI=1S/C16H28/c1-12-7-6-9-16(5)10-8-13(11-14(12)16)15(2,3)4/h13-14H,1,6-11H2,2-5H3/t13-,14+,16-/m1/s1. The van der Waals surface area contributed by atoms with E-state index in [0.717, 1.165) is 11.8 Å². The average Bonchev–Trinajstić information content (AvgIpc) is 2.15. The summed E-state index contributed by atoms with van der Waals surface area (Å²) in [5, 5.41) is 0. The summed E-state index contributed by atoms with van der Waals surface area (Å²) in [5.74, 6) is 1.72. The normalized spacial score (nSPS) is 40.6. The Kier molecular flexibility index (Phi) is 2.97. The Morgan fingerprint density at radius 2 is 1.94 bits per heavy atom. The highest BCUT2D eigenvalue weighted by molar-refractivity contribution is 5.12. The van der Waals surface area contributed by atoms with Crippen molar-refractivity contribution in [1.82, 2.24) is 0 Å². The van der Waals surface area contributed by atoms with Gasteiger partial charge >= 0.3 is 0 Å². The Morgan fingerprint density at radius 1 is 1.25 bits per heavy atom. The van der Waals surface area contributed by atoms with E-state index in [1.54, 1.807) is 5.57 Å². The van der Waals surface area contributed by atoms with E-state index in [4.69, 9.17) is 0 Å². The predicted octanol–water partition coefficient (Wildman–Crippen LogP) is 5.20. The maximum absolute atomic E-state index is 4.36. The van der Waals surface area contributed by atoms with Gasteiger partial charge in [-0.2, -0.15) is 0 Å². The fourth-order valence-corrected chi connectivity index (χ4v) is 4.00. The zero-order valence-corrected chi connectivity index (χ0v) is 11.6. The molecule has 0 unspecified atom stereocenters. The maximum atomic E-state index is 4.36. The van der Waals surface area contributed by atoms with E-state index in [1.807, 2.05) is 0 Å². The lowest BCUT2D eigenvalue weighted by atomic mass is 9.54.